The fourth-order valence-electron chi connectivity index (χ4n) is 2.55. The molecule has 0 aromatic carbocycles. The molecule has 2 N–H and O–H groups in total. The van der Waals surface area contributed by atoms with E-state index in [-0.39, 0.29) is 0 Å². The smallest absolute Gasteiger partial charge is 0.0221 e. The molecule has 16 heavy (non-hydrogen) atoms. The molecular weight excluding hydrogens is 196 g/mol. The zero-order chi connectivity index (χ0) is 11.6. The summed E-state index contributed by atoms with van der Waals surface area (Å²) in [6.07, 6.45) is 10.8. The molecule has 1 aliphatic rings. The summed E-state index contributed by atoms with van der Waals surface area (Å²) in [6, 6.07) is 1.47. The molecule has 2 nitrogen and oxygen atoms in total. The molecular formula is C14H30N2. The lowest BCUT2D eigenvalue weighted by Crippen LogP contribution is -2.50. The Kier molecular flexibility index (Phi) is 7.87. The Morgan fingerprint density at radius 3 is 1.62 bits per heavy atom. The number of rotatable bonds is 8. The first kappa shape index (κ1) is 14.0. The Morgan fingerprint density at radius 2 is 1.25 bits per heavy atom. The van der Waals surface area contributed by atoms with Gasteiger partial charge in [0.15, 0.2) is 0 Å². The van der Waals surface area contributed by atoms with E-state index in [0.29, 0.717) is 0 Å². The van der Waals surface area contributed by atoms with Gasteiger partial charge >= 0.3 is 0 Å². The SMILES string of the molecule is CCCCN[C@H]1CCCC[C@@H]1NCCCC. The van der Waals surface area contributed by atoms with Gasteiger partial charge in [0.05, 0.1) is 0 Å². The van der Waals surface area contributed by atoms with Crippen molar-refractivity contribution in [3.63, 3.8) is 0 Å². The Bertz CT molecular complexity index is 141. The summed E-state index contributed by atoms with van der Waals surface area (Å²) in [5.74, 6) is 0. The largest absolute Gasteiger partial charge is 0.312 e. The predicted molar refractivity (Wildman–Crippen MR) is 71.9 cm³/mol. The van der Waals surface area contributed by atoms with Gasteiger partial charge in [0.1, 0.15) is 0 Å². The van der Waals surface area contributed by atoms with Crippen LogP contribution in [-0.4, -0.2) is 25.2 Å². The first-order valence-electron chi connectivity index (χ1n) is 7.35. The average molecular weight is 226 g/mol. The molecule has 2 atom stereocenters. The summed E-state index contributed by atoms with van der Waals surface area (Å²) >= 11 is 0. The molecule has 1 fully saturated rings. The van der Waals surface area contributed by atoms with Crippen LogP contribution in [0.25, 0.3) is 0 Å². The minimum absolute atomic E-state index is 0.733. The van der Waals surface area contributed by atoms with Crippen LogP contribution in [0, 0.1) is 0 Å². The molecule has 0 bridgehead atoms. The van der Waals surface area contributed by atoms with Gasteiger partial charge < -0.3 is 10.6 Å². The normalized spacial score (nSPS) is 25.9. The van der Waals surface area contributed by atoms with Crippen LogP contribution in [-0.2, 0) is 0 Å². The summed E-state index contributed by atoms with van der Waals surface area (Å²) in [5.41, 5.74) is 0. The van der Waals surface area contributed by atoms with Gasteiger partial charge in [-0.05, 0) is 38.8 Å². The highest BCUT2D eigenvalue weighted by Gasteiger charge is 2.23. The van der Waals surface area contributed by atoms with E-state index in [4.69, 9.17) is 0 Å². The third kappa shape index (κ3) is 5.31. The maximum atomic E-state index is 3.74. The molecule has 1 saturated carbocycles. The molecule has 0 radical (unpaired) electrons. The van der Waals surface area contributed by atoms with Crippen molar-refractivity contribution >= 4 is 0 Å². The zero-order valence-corrected chi connectivity index (χ0v) is 11.2. The summed E-state index contributed by atoms with van der Waals surface area (Å²) in [6.45, 7) is 6.93. The predicted octanol–water partition coefficient (Wildman–Crippen LogP) is 3.08. The van der Waals surface area contributed by atoms with Crippen LogP contribution < -0.4 is 10.6 Å². The van der Waals surface area contributed by atoms with E-state index in [0.717, 1.165) is 12.1 Å². The topological polar surface area (TPSA) is 24.1 Å². The fourth-order valence-corrected chi connectivity index (χ4v) is 2.55. The zero-order valence-electron chi connectivity index (χ0n) is 11.2. The van der Waals surface area contributed by atoms with Crippen molar-refractivity contribution in [1.29, 1.82) is 0 Å². The van der Waals surface area contributed by atoms with Crippen LogP contribution in [0.2, 0.25) is 0 Å². The maximum Gasteiger partial charge on any atom is 0.0221 e. The molecule has 0 unspecified atom stereocenters. The Balaban J connectivity index is 2.20. The molecule has 0 aromatic heterocycles. The molecule has 0 amide bonds. The first-order valence-corrected chi connectivity index (χ1v) is 7.35. The minimum Gasteiger partial charge on any atom is -0.312 e. The standard InChI is InChI=1S/C14H30N2/c1-3-5-11-15-13-9-7-8-10-14(13)16-12-6-4-2/h13-16H,3-12H2,1-2H3/t13-,14-/m0/s1. The Morgan fingerprint density at radius 1 is 0.812 bits per heavy atom. The van der Waals surface area contributed by atoms with Crippen LogP contribution in [0.4, 0.5) is 0 Å². The Labute approximate surface area is 102 Å². The summed E-state index contributed by atoms with van der Waals surface area (Å²) in [4.78, 5) is 0. The molecule has 0 aliphatic heterocycles. The van der Waals surface area contributed by atoms with Crippen molar-refractivity contribution < 1.29 is 0 Å². The van der Waals surface area contributed by atoms with Crippen molar-refractivity contribution in [1.82, 2.24) is 10.6 Å². The van der Waals surface area contributed by atoms with Crippen LogP contribution >= 0.6 is 0 Å². The maximum absolute atomic E-state index is 3.74. The van der Waals surface area contributed by atoms with E-state index in [2.05, 4.69) is 24.5 Å². The van der Waals surface area contributed by atoms with Gasteiger partial charge in [-0.3, -0.25) is 0 Å². The number of hydrogen-bond donors (Lipinski definition) is 2. The first-order chi connectivity index (χ1) is 7.88. The number of unbranched alkanes of at least 4 members (excludes halogenated alkanes) is 2. The minimum atomic E-state index is 0.733. The van der Waals surface area contributed by atoms with Gasteiger partial charge in [-0.2, -0.15) is 0 Å². The summed E-state index contributed by atoms with van der Waals surface area (Å²) in [7, 11) is 0. The van der Waals surface area contributed by atoms with E-state index >= 15 is 0 Å². The van der Waals surface area contributed by atoms with Crippen LogP contribution in [0.5, 0.6) is 0 Å². The molecule has 0 heterocycles. The van der Waals surface area contributed by atoms with Gasteiger partial charge in [0.2, 0.25) is 0 Å². The molecule has 1 rings (SSSR count). The monoisotopic (exact) mass is 226 g/mol. The van der Waals surface area contributed by atoms with Crippen molar-refractivity contribution in [2.24, 2.45) is 0 Å². The van der Waals surface area contributed by atoms with Gasteiger partial charge in [0, 0.05) is 12.1 Å². The fraction of sp³-hybridized carbons (Fsp3) is 1.00. The molecule has 1 aliphatic carbocycles. The van der Waals surface area contributed by atoms with Gasteiger partial charge in [-0.25, -0.2) is 0 Å². The van der Waals surface area contributed by atoms with Gasteiger partial charge in [0.25, 0.3) is 0 Å². The highest BCUT2D eigenvalue weighted by molar-refractivity contribution is 4.86. The molecule has 2 heteroatoms. The van der Waals surface area contributed by atoms with Gasteiger partial charge in [-0.1, -0.05) is 39.5 Å². The third-order valence-electron chi connectivity index (χ3n) is 3.64. The van der Waals surface area contributed by atoms with Crippen molar-refractivity contribution in [3.8, 4) is 0 Å². The van der Waals surface area contributed by atoms with E-state index in [9.17, 15) is 0 Å². The molecule has 0 aromatic rings. The van der Waals surface area contributed by atoms with Crippen LogP contribution in [0.1, 0.15) is 65.2 Å². The van der Waals surface area contributed by atoms with E-state index in [1.54, 1.807) is 0 Å². The highest BCUT2D eigenvalue weighted by atomic mass is 15.0. The molecule has 0 spiro atoms. The van der Waals surface area contributed by atoms with Crippen molar-refractivity contribution in [2.45, 2.75) is 77.3 Å². The van der Waals surface area contributed by atoms with Gasteiger partial charge in [-0.15, -0.1) is 0 Å². The third-order valence-corrected chi connectivity index (χ3v) is 3.64. The molecule has 0 saturated heterocycles. The lowest BCUT2D eigenvalue weighted by molar-refractivity contribution is 0.282. The molecule has 96 valence electrons. The summed E-state index contributed by atoms with van der Waals surface area (Å²) < 4.78 is 0. The Hall–Kier alpha value is -0.0800. The van der Waals surface area contributed by atoms with Crippen LogP contribution in [0.3, 0.4) is 0 Å². The summed E-state index contributed by atoms with van der Waals surface area (Å²) in [5, 5.41) is 7.47. The second kappa shape index (κ2) is 9.00. The second-order valence-corrected chi connectivity index (χ2v) is 5.11. The number of hydrogen-bond acceptors (Lipinski definition) is 2. The van der Waals surface area contributed by atoms with Crippen molar-refractivity contribution in [3.05, 3.63) is 0 Å². The van der Waals surface area contributed by atoms with Crippen LogP contribution in [0.15, 0.2) is 0 Å². The van der Waals surface area contributed by atoms with E-state index in [1.807, 2.05) is 0 Å². The second-order valence-electron chi connectivity index (χ2n) is 5.11. The van der Waals surface area contributed by atoms with E-state index in [1.165, 1.54) is 64.5 Å². The quantitative estimate of drug-likeness (QED) is 0.622. The van der Waals surface area contributed by atoms with Crippen molar-refractivity contribution in [2.75, 3.05) is 13.1 Å². The van der Waals surface area contributed by atoms with E-state index < -0.39 is 0 Å². The number of nitrogens with one attached hydrogen (secondary N) is 2. The average Bonchev–Trinajstić information content (AvgIpc) is 2.32. The lowest BCUT2D eigenvalue weighted by Gasteiger charge is -2.33. The highest BCUT2D eigenvalue weighted by Crippen LogP contribution is 2.18. The lowest BCUT2D eigenvalue weighted by atomic mass is 9.90.